The first-order valence-corrected chi connectivity index (χ1v) is 6.85. The third-order valence-electron chi connectivity index (χ3n) is 4.10. The summed E-state index contributed by atoms with van der Waals surface area (Å²) in [6, 6.07) is 5.21. The lowest BCUT2D eigenvalue weighted by atomic mass is 10.1. The van der Waals surface area contributed by atoms with Crippen molar-refractivity contribution in [3.8, 4) is 0 Å². The van der Waals surface area contributed by atoms with Gasteiger partial charge in [-0.05, 0) is 43.9 Å². The molecule has 1 aromatic carbocycles. The van der Waals surface area contributed by atoms with Crippen LogP contribution in [0.15, 0.2) is 18.2 Å². The number of carbonyl (C=O) groups is 1. The highest BCUT2D eigenvalue weighted by molar-refractivity contribution is 5.92. The van der Waals surface area contributed by atoms with Gasteiger partial charge in [-0.3, -0.25) is 0 Å². The van der Waals surface area contributed by atoms with Crippen LogP contribution in [0.3, 0.4) is 0 Å². The number of nitrogens with zero attached hydrogens (tertiary/aromatic N) is 2. The van der Waals surface area contributed by atoms with Gasteiger partial charge in [0.25, 0.3) is 0 Å². The number of rotatable bonds is 3. The van der Waals surface area contributed by atoms with Crippen LogP contribution in [0.2, 0.25) is 0 Å². The summed E-state index contributed by atoms with van der Waals surface area (Å²) in [4.78, 5) is 15.5. The molecule has 3 rings (SSSR count). The zero-order valence-electron chi connectivity index (χ0n) is 11.1. The first kappa shape index (κ1) is 12.2. The fourth-order valence-electron chi connectivity index (χ4n) is 3.06. The van der Waals surface area contributed by atoms with Gasteiger partial charge in [-0.25, -0.2) is 9.78 Å². The molecule has 1 aliphatic carbocycles. The van der Waals surface area contributed by atoms with E-state index in [9.17, 15) is 4.79 Å². The molecule has 19 heavy (non-hydrogen) atoms. The molecule has 0 radical (unpaired) electrons. The Bertz CT molecular complexity index is 624. The molecule has 0 saturated heterocycles. The molecule has 0 bridgehead atoms. The summed E-state index contributed by atoms with van der Waals surface area (Å²) < 4.78 is 2.23. The predicted octanol–water partition coefficient (Wildman–Crippen LogP) is 3.23. The van der Waals surface area contributed by atoms with Gasteiger partial charge in [0.05, 0.1) is 16.6 Å². The highest BCUT2D eigenvalue weighted by Crippen LogP contribution is 2.28. The number of aromatic nitrogens is 2. The Kier molecular flexibility index (Phi) is 3.01. The monoisotopic (exact) mass is 258 g/mol. The van der Waals surface area contributed by atoms with E-state index in [-0.39, 0.29) is 0 Å². The van der Waals surface area contributed by atoms with Gasteiger partial charge in [-0.1, -0.05) is 12.8 Å². The predicted molar refractivity (Wildman–Crippen MR) is 73.4 cm³/mol. The van der Waals surface area contributed by atoms with Crippen molar-refractivity contribution in [1.82, 2.24) is 9.55 Å². The van der Waals surface area contributed by atoms with E-state index in [2.05, 4.69) is 9.55 Å². The van der Waals surface area contributed by atoms with E-state index < -0.39 is 5.97 Å². The van der Waals surface area contributed by atoms with Gasteiger partial charge in [0.15, 0.2) is 0 Å². The maximum absolute atomic E-state index is 11.0. The number of benzene rings is 1. The van der Waals surface area contributed by atoms with E-state index in [4.69, 9.17) is 5.11 Å². The second-order valence-corrected chi connectivity index (χ2v) is 5.43. The van der Waals surface area contributed by atoms with Crippen molar-refractivity contribution in [3.05, 3.63) is 29.6 Å². The third kappa shape index (κ3) is 2.23. The molecular weight excluding hydrogens is 240 g/mol. The molecule has 1 aliphatic rings. The van der Waals surface area contributed by atoms with Gasteiger partial charge in [0.2, 0.25) is 0 Å². The van der Waals surface area contributed by atoms with Crippen LogP contribution in [0.25, 0.3) is 11.0 Å². The molecule has 1 N–H and O–H groups in total. The summed E-state index contributed by atoms with van der Waals surface area (Å²) in [7, 11) is 0. The number of aryl methyl sites for hydroxylation is 1. The summed E-state index contributed by atoms with van der Waals surface area (Å²) in [6.45, 7) is 3.00. The molecule has 1 fully saturated rings. The van der Waals surface area contributed by atoms with Crippen molar-refractivity contribution >= 4 is 17.0 Å². The SMILES string of the molecule is Cc1nc2cc(C(=O)O)ccc2n1CC1CCCC1. The first-order valence-electron chi connectivity index (χ1n) is 6.85. The molecule has 1 saturated carbocycles. The summed E-state index contributed by atoms with van der Waals surface area (Å²) >= 11 is 0. The highest BCUT2D eigenvalue weighted by atomic mass is 16.4. The number of hydrogen-bond donors (Lipinski definition) is 1. The van der Waals surface area contributed by atoms with Gasteiger partial charge in [-0.2, -0.15) is 0 Å². The largest absolute Gasteiger partial charge is 0.478 e. The Morgan fingerprint density at radius 1 is 1.42 bits per heavy atom. The van der Waals surface area contributed by atoms with Crippen LogP contribution >= 0.6 is 0 Å². The average Bonchev–Trinajstić information content (AvgIpc) is 2.98. The zero-order valence-corrected chi connectivity index (χ0v) is 11.1. The fourth-order valence-corrected chi connectivity index (χ4v) is 3.06. The van der Waals surface area contributed by atoms with Gasteiger partial charge in [0, 0.05) is 6.54 Å². The molecule has 0 atom stereocenters. The molecule has 0 spiro atoms. The molecule has 0 unspecified atom stereocenters. The second kappa shape index (κ2) is 4.68. The lowest BCUT2D eigenvalue weighted by molar-refractivity contribution is 0.0697. The summed E-state index contributed by atoms with van der Waals surface area (Å²) in [6.07, 6.45) is 5.26. The number of carboxylic acid groups (broad SMARTS) is 1. The number of carboxylic acids is 1. The molecule has 100 valence electrons. The van der Waals surface area contributed by atoms with Crippen LogP contribution in [0.1, 0.15) is 41.9 Å². The van der Waals surface area contributed by atoms with E-state index in [1.165, 1.54) is 25.7 Å². The first-order chi connectivity index (χ1) is 9.15. The second-order valence-electron chi connectivity index (χ2n) is 5.43. The molecule has 1 heterocycles. The van der Waals surface area contributed by atoms with E-state index in [0.29, 0.717) is 5.56 Å². The van der Waals surface area contributed by atoms with E-state index in [1.54, 1.807) is 12.1 Å². The number of imidazole rings is 1. The van der Waals surface area contributed by atoms with Gasteiger partial charge >= 0.3 is 5.97 Å². The van der Waals surface area contributed by atoms with Crippen LogP contribution < -0.4 is 0 Å². The van der Waals surface area contributed by atoms with Crippen LogP contribution in [0.5, 0.6) is 0 Å². The molecule has 1 aromatic heterocycles. The Morgan fingerprint density at radius 2 is 2.16 bits per heavy atom. The zero-order chi connectivity index (χ0) is 13.4. The van der Waals surface area contributed by atoms with Gasteiger partial charge in [0.1, 0.15) is 5.82 Å². The third-order valence-corrected chi connectivity index (χ3v) is 4.10. The summed E-state index contributed by atoms with van der Waals surface area (Å²) in [5.41, 5.74) is 2.14. The lowest BCUT2D eigenvalue weighted by Gasteiger charge is -2.12. The minimum Gasteiger partial charge on any atom is -0.478 e. The number of hydrogen-bond acceptors (Lipinski definition) is 2. The lowest BCUT2D eigenvalue weighted by Crippen LogP contribution is -2.08. The Balaban J connectivity index is 1.99. The standard InChI is InChI=1S/C15H18N2O2/c1-10-16-13-8-12(15(18)19)6-7-14(13)17(10)9-11-4-2-3-5-11/h6-8,11H,2-5,9H2,1H3,(H,18,19). The van der Waals surface area contributed by atoms with Crippen LogP contribution in [0.4, 0.5) is 0 Å². The van der Waals surface area contributed by atoms with Crippen molar-refractivity contribution in [3.63, 3.8) is 0 Å². The molecule has 2 aromatic rings. The van der Waals surface area contributed by atoms with Crippen LogP contribution in [0, 0.1) is 12.8 Å². The van der Waals surface area contributed by atoms with Crippen molar-refractivity contribution in [2.24, 2.45) is 5.92 Å². The minimum absolute atomic E-state index is 0.304. The fraction of sp³-hybridized carbons (Fsp3) is 0.467. The van der Waals surface area contributed by atoms with Crippen molar-refractivity contribution in [2.75, 3.05) is 0 Å². The average molecular weight is 258 g/mol. The maximum Gasteiger partial charge on any atom is 0.335 e. The molecule has 4 nitrogen and oxygen atoms in total. The molecule has 0 aliphatic heterocycles. The van der Waals surface area contributed by atoms with E-state index in [1.807, 2.05) is 13.0 Å². The highest BCUT2D eigenvalue weighted by Gasteiger charge is 2.18. The quantitative estimate of drug-likeness (QED) is 0.919. The van der Waals surface area contributed by atoms with Crippen molar-refractivity contribution in [2.45, 2.75) is 39.2 Å². The number of aromatic carboxylic acids is 1. The minimum atomic E-state index is -0.898. The van der Waals surface area contributed by atoms with Crippen LogP contribution in [-0.4, -0.2) is 20.6 Å². The Labute approximate surface area is 112 Å². The van der Waals surface area contributed by atoms with Crippen molar-refractivity contribution < 1.29 is 9.90 Å². The summed E-state index contributed by atoms with van der Waals surface area (Å²) in [5.74, 6) is 0.824. The maximum atomic E-state index is 11.0. The molecule has 4 heteroatoms. The van der Waals surface area contributed by atoms with E-state index >= 15 is 0 Å². The van der Waals surface area contributed by atoms with Gasteiger partial charge in [-0.15, -0.1) is 0 Å². The van der Waals surface area contributed by atoms with Crippen LogP contribution in [-0.2, 0) is 6.54 Å². The van der Waals surface area contributed by atoms with Crippen molar-refractivity contribution in [1.29, 1.82) is 0 Å². The molecular formula is C15H18N2O2. The summed E-state index contributed by atoms with van der Waals surface area (Å²) in [5, 5.41) is 9.02. The topological polar surface area (TPSA) is 55.1 Å². The van der Waals surface area contributed by atoms with E-state index in [0.717, 1.165) is 29.3 Å². The smallest absolute Gasteiger partial charge is 0.335 e. The normalized spacial score (nSPS) is 16.3. The van der Waals surface area contributed by atoms with Gasteiger partial charge < -0.3 is 9.67 Å². The Hall–Kier alpha value is -1.84. The number of fused-ring (bicyclic) bond motifs is 1. The molecule has 0 amide bonds. The Morgan fingerprint density at radius 3 is 2.84 bits per heavy atom.